The molecule has 0 spiro atoms. The standard InChI is InChI=1S/C28H30N4O4S2/c1-5-32(6-2)17-22-18-37-28(30-22)31-27(33)21-14-20(26-19(3)8-7-13-29-26)15-24(16-21)36-23-9-11-25(12-10-23)38(4,34)35/h7-16,18H,5-6,17H2,1-4H3,(H,30,31,33). The number of anilines is 1. The van der Waals surface area contributed by atoms with Crippen molar-refractivity contribution >= 4 is 32.2 Å². The number of hydrogen-bond acceptors (Lipinski definition) is 8. The second-order valence-corrected chi connectivity index (χ2v) is 11.7. The molecule has 0 aliphatic carbocycles. The summed E-state index contributed by atoms with van der Waals surface area (Å²) >= 11 is 1.39. The van der Waals surface area contributed by atoms with E-state index >= 15 is 0 Å². The van der Waals surface area contributed by atoms with Crippen molar-refractivity contribution in [3.63, 3.8) is 0 Å². The van der Waals surface area contributed by atoms with Gasteiger partial charge >= 0.3 is 0 Å². The molecule has 0 aliphatic heterocycles. The van der Waals surface area contributed by atoms with Gasteiger partial charge in [0.25, 0.3) is 5.91 Å². The maximum Gasteiger partial charge on any atom is 0.257 e. The van der Waals surface area contributed by atoms with Crippen molar-refractivity contribution in [3.05, 3.63) is 83.0 Å². The van der Waals surface area contributed by atoms with Gasteiger partial charge in [-0.25, -0.2) is 13.4 Å². The van der Waals surface area contributed by atoms with E-state index < -0.39 is 9.84 Å². The molecular weight excluding hydrogens is 520 g/mol. The van der Waals surface area contributed by atoms with Gasteiger partial charge < -0.3 is 4.74 Å². The van der Waals surface area contributed by atoms with Crippen LogP contribution in [0.3, 0.4) is 0 Å². The number of hydrogen-bond donors (Lipinski definition) is 1. The molecule has 38 heavy (non-hydrogen) atoms. The van der Waals surface area contributed by atoms with E-state index in [1.165, 1.54) is 23.5 Å². The van der Waals surface area contributed by atoms with E-state index in [2.05, 4.69) is 34.0 Å². The monoisotopic (exact) mass is 550 g/mol. The molecule has 4 rings (SSSR count). The largest absolute Gasteiger partial charge is 0.457 e. The third-order valence-electron chi connectivity index (χ3n) is 5.99. The topological polar surface area (TPSA) is 101 Å². The fraction of sp³-hybridized carbons (Fsp3) is 0.250. The molecule has 1 amide bonds. The minimum Gasteiger partial charge on any atom is -0.457 e. The number of amides is 1. The Morgan fingerprint density at radius 1 is 1.05 bits per heavy atom. The average Bonchev–Trinajstić information content (AvgIpc) is 3.33. The van der Waals surface area contributed by atoms with Crippen molar-refractivity contribution in [3.8, 4) is 22.8 Å². The Kier molecular flexibility index (Phi) is 8.55. The van der Waals surface area contributed by atoms with Crippen LogP contribution in [0.1, 0.15) is 35.5 Å². The van der Waals surface area contributed by atoms with Gasteiger partial charge in [-0.15, -0.1) is 11.3 Å². The van der Waals surface area contributed by atoms with Gasteiger partial charge in [0.05, 0.1) is 16.3 Å². The Labute approximate surface area is 227 Å². The van der Waals surface area contributed by atoms with Crippen LogP contribution in [0.25, 0.3) is 11.3 Å². The molecule has 10 heteroatoms. The van der Waals surface area contributed by atoms with Crippen molar-refractivity contribution in [2.24, 2.45) is 0 Å². The molecule has 0 unspecified atom stereocenters. The van der Waals surface area contributed by atoms with Gasteiger partial charge in [0.2, 0.25) is 0 Å². The number of aromatic nitrogens is 2. The molecule has 0 saturated heterocycles. The van der Waals surface area contributed by atoms with Crippen LogP contribution in [0, 0.1) is 6.92 Å². The Balaban J connectivity index is 1.63. The van der Waals surface area contributed by atoms with Gasteiger partial charge in [-0.1, -0.05) is 19.9 Å². The summed E-state index contributed by atoms with van der Waals surface area (Å²) in [6.45, 7) is 8.74. The van der Waals surface area contributed by atoms with Crippen LogP contribution < -0.4 is 10.1 Å². The van der Waals surface area contributed by atoms with Crippen LogP contribution >= 0.6 is 11.3 Å². The summed E-state index contributed by atoms with van der Waals surface area (Å²) in [5.41, 5.74) is 3.70. The molecule has 0 radical (unpaired) electrons. The first-order valence-corrected chi connectivity index (χ1v) is 15.0. The van der Waals surface area contributed by atoms with Gasteiger partial charge in [-0.3, -0.25) is 20.0 Å². The highest BCUT2D eigenvalue weighted by Gasteiger charge is 2.16. The maximum atomic E-state index is 13.3. The van der Waals surface area contributed by atoms with Crippen LogP contribution in [-0.2, 0) is 16.4 Å². The normalized spacial score (nSPS) is 11.5. The number of sulfone groups is 1. The van der Waals surface area contributed by atoms with Gasteiger partial charge in [0.1, 0.15) is 11.5 Å². The highest BCUT2D eigenvalue weighted by Crippen LogP contribution is 2.31. The van der Waals surface area contributed by atoms with E-state index in [9.17, 15) is 13.2 Å². The van der Waals surface area contributed by atoms with Crippen LogP contribution in [0.5, 0.6) is 11.5 Å². The number of pyridine rings is 1. The number of ether oxygens (including phenoxy) is 1. The Bertz CT molecular complexity index is 1530. The molecule has 1 N–H and O–H groups in total. The predicted octanol–water partition coefficient (Wildman–Crippen LogP) is 5.80. The number of rotatable bonds is 10. The fourth-order valence-electron chi connectivity index (χ4n) is 3.89. The highest BCUT2D eigenvalue weighted by molar-refractivity contribution is 7.90. The first kappa shape index (κ1) is 27.4. The summed E-state index contributed by atoms with van der Waals surface area (Å²) in [5, 5.41) is 5.38. The molecule has 0 bridgehead atoms. The van der Waals surface area contributed by atoms with E-state index in [-0.39, 0.29) is 10.8 Å². The molecule has 0 saturated carbocycles. The quantitative estimate of drug-likeness (QED) is 0.266. The van der Waals surface area contributed by atoms with E-state index in [0.29, 0.717) is 22.2 Å². The molecule has 0 fully saturated rings. The van der Waals surface area contributed by atoms with Gasteiger partial charge in [0, 0.05) is 35.5 Å². The number of nitrogens with zero attached hydrogens (tertiary/aromatic N) is 3. The second-order valence-electron chi connectivity index (χ2n) is 8.82. The Morgan fingerprint density at radius 2 is 1.79 bits per heavy atom. The van der Waals surface area contributed by atoms with E-state index in [4.69, 9.17) is 4.74 Å². The highest BCUT2D eigenvalue weighted by atomic mass is 32.2. The first-order valence-electron chi connectivity index (χ1n) is 12.2. The molecule has 2 aromatic carbocycles. The van der Waals surface area contributed by atoms with E-state index in [1.807, 2.05) is 30.5 Å². The lowest BCUT2D eigenvalue weighted by Crippen LogP contribution is -2.22. The zero-order chi connectivity index (χ0) is 27.3. The Morgan fingerprint density at radius 3 is 2.45 bits per heavy atom. The van der Waals surface area contributed by atoms with Gasteiger partial charge in [0.15, 0.2) is 15.0 Å². The van der Waals surface area contributed by atoms with Crippen molar-refractivity contribution < 1.29 is 17.9 Å². The molecule has 0 atom stereocenters. The van der Waals surface area contributed by atoms with E-state index in [1.54, 1.807) is 30.5 Å². The summed E-state index contributed by atoms with van der Waals surface area (Å²) in [6, 6.07) is 15.2. The number of carbonyl (C=O) groups is 1. The second kappa shape index (κ2) is 11.8. The van der Waals surface area contributed by atoms with Crippen LogP contribution in [0.4, 0.5) is 5.13 Å². The third kappa shape index (κ3) is 6.83. The summed E-state index contributed by atoms with van der Waals surface area (Å²) in [5.74, 6) is 0.548. The maximum absolute atomic E-state index is 13.3. The molecule has 198 valence electrons. The van der Waals surface area contributed by atoms with Crippen molar-refractivity contribution in [1.29, 1.82) is 0 Å². The van der Waals surface area contributed by atoms with Crippen molar-refractivity contribution in [2.45, 2.75) is 32.2 Å². The smallest absolute Gasteiger partial charge is 0.257 e. The molecule has 0 aliphatic rings. The number of benzene rings is 2. The zero-order valence-corrected chi connectivity index (χ0v) is 23.4. The number of nitrogens with one attached hydrogen (secondary N) is 1. The van der Waals surface area contributed by atoms with Gasteiger partial charge in [-0.05, 0) is 74.1 Å². The lowest BCUT2D eigenvalue weighted by molar-refractivity contribution is 0.102. The third-order valence-corrected chi connectivity index (χ3v) is 7.93. The summed E-state index contributed by atoms with van der Waals surface area (Å²) in [6.07, 6.45) is 2.86. The van der Waals surface area contributed by atoms with Crippen LogP contribution in [0.2, 0.25) is 0 Å². The molecule has 8 nitrogen and oxygen atoms in total. The molecule has 2 heterocycles. The fourth-order valence-corrected chi connectivity index (χ4v) is 5.21. The zero-order valence-electron chi connectivity index (χ0n) is 21.8. The molecule has 2 aromatic heterocycles. The molecular formula is C28H30N4O4S2. The lowest BCUT2D eigenvalue weighted by Gasteiger charge is -2.15. The first-order chi connectivity index (χ1) is 18.2. The minimum absolute atomic E-state index is 0.201. The molecule has 4 aromatic rings. The van der Waals surface area contributed by atoms with E-state index in [0.717, 1.165) is 48.4 Å². The average molecular weight is 551 g/mol. The summed E-state index contributed by atoms with van der Waals surface area (Å²) in [7, 11) is -3.32. The predicted molar refractivity (Wildman–Crippen MR) is 151 cm³/mol. The van der Waals surface area contributed by atoms with Gasteiger partial charge in [-0.2, -0.15) is 0 Å². The SMILES string of the molecule is CCN(CC)Cc1csc(NC(=O)c2cc(Oc3ccc(S(C)(=O)=O)cc3)cc(-c3ncccc3C)c2)n1. The Hall–Kier alpha value is -3.60. The number of thiazole rings is 1. The summed E-state index contributed by atoms with van der Waals surface area (Å²) < 4.78 is 29.6. The van der Waals surface area contributed by atoms with Crippen molar-refractivity contribution in [1.82, 2.24) is 14.9 Å². The van der Waals surface area contributed by atoms with Crippen LogP contribution in [-0.4, -0.2) is 48.5 Å². The van der Waals surface area contributed by atoms with Crippen molar-refractivity contribution in [2.75, 3.05) is 24.7 Å². The number of carbonyl (C=O) groups excluding carboxylic acids is 1. The number of aryl methyl sites for hydroxylation is 1. The lowest BCUT2D eigenvalue weighted by atomic mass is 10.0. The van der Waals surface area contributed by atoms with Crippen LogP contribution in [0.15, 0.2) is 71.1 Å². The minimum atomic E-state index is -3.32. The summed E-state index contributed by atoms with van der Waals surface area (Å²) in [4.78, 5) is 24.8.